The molecule has 0 fully saturated rings. The van der Waals surface area contributed by atoms with E-state index in [2.05, 4.69) is 10.5 Å². The fourth-order valence-electron chi connectivity index (χ4n) is 2.58. The van der Waals surface area contributed by atoms with E-state index in [1.165, 1.54) is 56.8 Å². The number of furan rings is 1. The molecule has 156 valence electrons. The number of rotatable bonds is 6. The first-order chi connectivity index (χ1) is 14.3. The van der Waals surface area contributed by atoms with Crippen molar-refractivity contribution in [1.29, 1.82) is 0 Å². The minimum absolute atomic E-state index is 0.242. The number of benzene rings is 2. The van der Waals surface area contributed by atoms with Gasteiger partial charge in [-0.25, -0.2) is 5.43 Å². The Kier molecular flexibility index (Phi) is 6.10. The van der Waals surface area contributed by atoms with Crippen molar-refractivity contribution in [2.45, 2.75) is 6.18 Å². The van der Waals surface area contributed by atoms with Gasteiger partial charge < -0.3 is 13.9 Å². The summed E-state index contributed by atoms with van der Waals surface area (Å²) in [4.78, 5) is 12.3. The summed E-state index contributed by atoms with van der Waals surface area (Å²) in [5.74, 6) is 0.880. The van der Waals surface area contributed by atoms with Crippen LogP contribution < -0.4 is 14.9 Å². The molecule has 0 unspecified atom stereocenters. The molecule has 0 radical (unpaired) electrons. The molecule has 9 heteroatoms. The second-order valence-corrected chi connectivity index (χ2v) is 6.08. The molecule has 1 N–H and O–H groups in total. The maximum atomic E-state index is 12.9. The highest BCUT2D eigenvalue weighted by Gasteiger charge is 2.30. The third-order valence-electron chi connectivity index (χ3n) is 4.07. The fourth-order valence-corrected chi connectivity index (χ4v) is 2.58. The molecule has 3 rings (SSSR count). The highest BCUT2D eigenvalue weighted by molar-refractivity contribution is 5.95. The lowest BCUT2D eigenvalue weighted by Crippen LogP contribution is -2.17. The van der Waals surface area contributed by atoms with Crippen molar-refractivity contribution in [2.75, 3.05) is 14.2 Å². The molecule has 2 aromatic carbocycles. The van der Waals surface area contributed by atoms with E-state index in [9.17, 15) is 18.0 Å². The van der Waals surface area contributed by atoms with Gasteiger partial charge in [0, 0.05) is 17.2 Å². The van der Waals surface area contributed by atoms with Gasteiger partial charge in [0.25, 0.3) is 5.91 Å². The van der Waals surface area contributed by atoms with E-state index in [-0.39, 0.29) is 22.6 Å². The van der Waals surface area contributed by atoms with Gasteiger partial charge in [0.1, 0.15) is 23.0 Å². The maximum Gasteiger partial charge on any atom is 0.416 e. The molecule has 30 heavy (non-hydrogen) atoms. The van der Waals surface area contributed by atoms with Crippen LogP contribution in [0.4, 0.5) is 13.2 Å². The van der Waals surface area contributed by atoms with Crippen LogP contribution in [0.15, 0.2) is 64.1 Å². The summed E-state index contributed by atoms with van der Waals surface area (Å²) in [5.41, 5.74) is 2.11. The molecule has 6 nitrogen and oxygen atoms in total. The average molecular weight is 418 g/mol. The van der Waals surface area contributed by atoms with Crippen molar-refractivity contribution in [3.8, 4) is 22.8 Å². The van der Waals surface area contributed by atoms with Gasteiger partial charge in [0.05, 0.1) is 26.0 Å². The minimum atomic E-state index is -4.44. The molecule has 0 aliphatic heterocycles. The zero-order valence-corrected chi connectivity index (χ0v) is 16.0. The summed E-state index contributed by atoms with van der Waals surface area (Å²) in [6, 6.07) is 12.5. The van der Waals surface area contributed by atoms with E-state index in [4.69, 9.17) is 13.9 Å². The Morgan fingerprint density at radius 1 is 1.03 bits per heavy atom. The Hall–Kier alpha value is -3.75. The van der Waals surface area contributed by atoms with E-state index in [1.54, 1.807) is 6.07 Å². The van der Waals surface area contributed by atoms with E-state index < -0.39 is 17.6 Å². The molecule has 1 heterocycles. The topological polar surface area (TPSA) is 73.1 Å². The van der Waals surface area contributed by atoms with E-state index in [1.807, 2.05) is 0 Å². The van der Waals surface area contributed by atoms with Gasteiger partial charge in [-0.15, -0.1) is 0 Å². The SMILES string of the molecule is COc1cc(OC)cc(C(=O)NN=Cc2ccc(-c3cccc(C(F)(F)F)c3)o2)c1. The summed E-state index contributed by atoms with van der Waals surface area (Å²) in [5, 5.41) is 3.81. The second kappa shape index (κ2) is 8.73. The van der Waals surface area contributed by atoms with Gasteiger partial charge in [0.2, 0.25) is 0 Å². The highest BCUT2D eigenvalue weighted by atomic mass is 19.4. The number of carbonyl (C=O) groups excluding carboxylic acids is 1. The van der Waals surface area contributed by atoms with Crippen molar-refractivity contribution in [3.05, 3.63) is 71.5 Å². The number of ether oxygens (including phenoxy) is 2. The monoisotopic (exact) mass is 418 g/mol. The Balaban J connectivity index is 1.70. The first kappa shape index (κ1) is 21.0. The van der Waals surface area contributed by atoms with Gasteiger partial charge in [-0.3, -0.25) is 4.79 Å². The molecule has 0 bridgehead atoms. The number of amides is 1. The van der Waals surface area contributed by atoms with Crippen LogP contribution in [0.25, 0.3) is 11.3 Å². The number of methoxy groups -OCH3 is 2. The smallest absolute Gasteiger partial charge is 0.416 e. The molecule has 0 spiro atoms. The predicted molar refractivity (Wildman–Crippen MR) is 104 cm³/mol. The lowest BCUT2D eigenvalue weighted by Gasteiger charge is -2.07. The molecular formula is C21H17F3N2O4. The third-order valence-corrected chi connectivity index (χ3v) is 4.07. The number of carbonyl (C=O) groups is 1. The van der Waals surface area contributed by atoms with Crippen LogP contribution in [0.1, 0.15) is 21.7 Å². The zero-order chi connectivity index (χ0) is 21.7. The van der Waals surface area contributed by atoms with Gasteiger partial charge in [-0.05, 0) is 36.4 Å². The van der Waals surface area contributed by atoms with Crippen molar-refractivity contribution in [3.63, 3.8) is 0 Å². The van der Waals surface area contributed by atoms with Crippen molar-refractivity contribution >= 4 is 12.1 Å². The van der Waals surface area contributed by atoms with Gasteiger partial charge in [-0.1, -0.05) is 12.1 Å². The van der Waals surface area contributed by atoms with Gasteiger partial charge >= 0.3 is 6.18 Å². The summed E-state index contributed by atoms with van der Waals surface area (Å²) in [6.45, 7) is 0. The minimum Gasteiger partial charge on any atom is -0.497 e. The first-order valence-corrected chi connectivity index (χ1v) is 8.64. The van der Waals surface area contributed by atoms with Gasteiger partial charge in [0.15, 0.2) is 0 Å². The van der Waals surface area contributed by atoms with Crippen molar-refractivity contribution in [1.82, 2.24) is 5.43 Å². The van der Waals surface area contributed by atoms with Crippen LogP contribution in [0, 0.1) is 0 Å². The Bertz CT molecular complexity index is 1050. The molecule has 1 aromatic heterocycles. The number of hydrogen-bond acceptors (Lipinski definition) is 5. The lowest BCUT2D eigenvalue weighted by atomic mass is 10.1. The van der Waals surface area contributed by atoms with Crippen molar-refractivity contribution in [2.24, 2.45) is 5.10 Å². The number of hydrazone groups is 1. The van der Waals surface area contributed by atoms with Crippen LogP contribution in [-0.4, -0.2) is 26.3 Å². The second-order valence-electron chi connectivity index (χ2n) is 6.08. The predicted octanol–water partition coefficient (Wildman–Crippen LogP) is 4.75. The molecule has 0 atom stereocenters. The average Bonchev–Trinajstić information content (AvgIpc) is 3.21. The molecule has 1 amide bonds. The third kappa shape index (κ3) is 4.99. The summed E-state index contributed by atoms with van der Waals surface area (Å²) < 4.78 is 54.3. The van der Waals surface area contributed by atoms with Gasteiger partial charge in [-0.2, -0.15) is 18.3 Å². The van der Waals surface area contributed by atoms with E-state index >= 15 is 0 Å². The van der Waals surface area contributed by atoms with E-state index in [0.29, 0.717) is 11.5 Å². The standard InChI is InChI=1S/C21H17F3N2O4/c1-28-17-9-14(10-18(11-17)29-2)20(27)26-25-12-16-6-7-19(30-16)13-4-3-5-15(8-13)21(22,23)24/h3-12H,1-2H3,(H,26,27). The highest BCUT2D eigenvalue weighted by Crippen LogP contribution is 2.32. The largest absolute Gasteiger partial charge is 0.497 e. The normalized spacial score (nSPS) is 11.5. The number of nitrogens with zero attached hydrogens (tertiary/aromatic N) is 1. The lowest BCUT2D eigenvalue weighted by molar-refractivity contribution is -0.137. The Labute approximate surface area is 169 Å². The van der Waals surface area contributed by atoms with Crippen molar-refractivity contribution < 1.29 is 31.9 Å². The molecule has 3 aromatic rings. The van der Waals surface area contributed by atoms with E-state index in [0.717, 1.165) is 12.1 Å². The fraction of sp³-hybridized carbons (Fsp3) is 0.143. The Morgan fingerprint density at radius 3 is 2.37 bits per heavy atom. The molecule has 0 aliphatic carbocycles. The molecule has 0 aliphatic rings. The first-order valence-electron chi connectivity index (χ1n) is 8.64. The number of halogens is 3. The van der Waals surface area contributed by atoms with Crippen LogP contribution in [0.5, 0.6) is 11.5 Å². The maximum absolute atomic E-state index is 12.9. The molecule has 0 saturated carbocycles. The summed E-state index contributed by atoms with van der Waals surface area (Å²) >= 11 is 0. The van der Waals surface area contributed by atoms with Crippen LogP contribution >= 0.6 is 0 Å². The summed E-state index contributed by atoms with van der Waals surface area (Å²) in [7, 11) is 2.93. The summed E-state index contributed by atoms with van der Waals surface area (Å²) in [6.07, 6.45) is -3.20. The van der Waals surface area contributed by atoms with Crippen LogP contribution in [0.2, 0.25) is 0 Å². The molecular weight excluding hydrogens is 401 g/mol. The molecule has 0 saturated heterocycles. The number of alkyl halides is 3. The Morgan fingerprint density at radius 2 is 1.73 bits per heavy atom. The number of nitrogens with one attached hydrogen (secondary N) is 1. The van der Waals surface area contributed by atoms with Crippen LogP contribution in [0.3, 0.4) is 0 Å². The quantitative estimate of drug-likeness (QED) is 0.463. The van der Waals surface area contributed by atoms with Crippen LogP contribution in [-0.2, 0) is 6.18 Å². The number of hydrogen-bond donors (Lipinski definition) is 1. The zero-order valence-electron chi connectivity index (χ0n) is 16.0.